The minimum Gasteiger partial charge on any atom is -1.00 e. The molecule has 0 heterocycles. The molecule has 0 radical (unpaired) electrons. The van der Waals surface area contributed by atoms with Crippen molar-refractivity contribution in [1.29, 1.82) is 0 Å². The number of carbonyl (C=O) groups excluding carboxylic acids is 1. The second kappa shape index (κ2) is 13.7. The Kier molecular flexibility index (Phi) is 12.3. The third-order valence-electron chi connectivity index (χ3n) is 5.02. The predicted molar refractivity (Wildman–Crippen MR) is 126 cm³/mol. The number of hydrogen-bond donors (Lipinski definition) is 0. The van der Waals surface area contributed by atoms with E-state index in [2.05, 4.69) is 0 Å². The molecular formula is C25H30F6LiO3P. The van der Waals surface area contributed by atoms with Crippen molar-refractivity contribution >= 4 is 19.4 Å². The van der Waals surface area contributed by atoms with Crippen LogP contribution < -0.4 is 33.6 Å². The summed E-state index contributed by atoms with van der Waals surface area (Å²) in [6.07, 6.45) is -8.78. The maximum absolute atomic E-state index is 13.5. The van der Waals surface area contributed by atoms with E-state index in [4.69, 9.17) is 9.47 Å². The molecule has 2 rings (SSSR count). The second-order valence-electron chi connectivity index (χ2n) is 8.90. The Bertz CT molecular complexity index is 981. The summed E-state index contributed by atoms with van der Waals surface area (Å²) >= 11 is 0. The summed E-state index contributed by atoms with van der Waals surface area (Å²) in [5, 5.41) is 0.208. The van der Waals surface area contributed by atoms with Crippen LogP contribution in [-0.4, -0.2) is 18.7 Å². The summed E-state index contributed by atoms with van der Waals surface area (Å²) in [6.45, 7) is 8.73. The van der Waals surface area contributed by atoms with E-state index in [0.29, 0.717) is 48.8 Å². The van der Waals surface area contributed by atoms with Crippen molar-refractivity contribution in [2.45, 2.75) is 52.9 Å². The maximum atomic E-state index is 13.5. The molecule has 0 saturated carbocycles. The maximum Gasteiger partial charge on any atom is 1.00 e. The van der Waals surface area contributed by atoms with Crippen molar-refractivity contribution in [3.63, 3.8) is 0 Å². The first-order valence-corrected chi connectivity index (χ1v) is 12.2. The molecule has 0 spiro atoms. The Morgan fingerprint density at radius 1 is 0.861 bits per heavy atom. The quantitative estimate of drug-likeness (QED) is 0.237. The zero-order valence-corrected chi connectivity index (χ0v) is 21.9. The van der Waals surface area contributed by atoms with Crippen LogP contribution in [0.2, 0.25) is 0 Å². The van der Waals surface area contributed by atoms with E-state index in [-0.39, 0.29) is 37.9 Å². The van der Waals surface area contributed by atoms with Gasteiger partial charge in [-0.05, 0) is 57.5 Å². The summed E-state index contributed by atoms with van der Waals surface area (Å²) < 4.78 is 92.5. The van der Waals surface area contributed by atoms with Gasteiger partial charge < -0.3 is 10.9 Å². The number of carbonyl (C=O) groups is 1. The number of ether oxygens (including phenoxy) is 2. The van der Waals surface area contributed by atoms with Crippen LogP contribution in [0, 0.1) is 11.8 Å². The Morgan fingerprint density at radius 3 is 1.83 bits per heavy atom. The van der Waals surface area contributed by atoms with Gasteiger partial charge in [-0.3, -0.25) is 4.79 Å². The van der Waals surface area contributed by atoms with Crippen molar-refractivity contribution < 1.29 is 60.9 Å². The van der Waals surface area contributed by atoms with Gasteiger partial charge in [0.05, 0.1) is 24.3 Å². The van der Waals surface area contributed by atoms with E-state index in [9.17, 15) is 31.1 Å². The fraction of sp³-hybridized carbons (Fsp3) is 0.480. The minimum atomic E-state index is -5.12. The summed E-state index contributed by atoms with van der Waals surface area (Å²) in [5.74, 6) is 1.36. The van der Waals surface area contributed by atoms with Gasteiger partial charge in [-0.2, -0.15) is 26.3 Å². The molecule has 36 heavy (non-hydrogen) atoms. The number of halogens is 6. The number of rotatable bonds is 11. The molecular weight excluding hydrogens is 500 g/mol. The molecule has 2 aromatic rings. The van der Waals surface area contributed by atoms with Crippen LogP contribution in [-0.2, 0) is 12.4 Å². The summed E-state index contributed by atoms with van der Waals surface area (Å²) in [7, 11) is -1.01. The normalized spacial score (nSPS) is 12.3. The Hall–Kier alpha value is -1.68. The van der Waals surface area contributed by atoms with Gasteiger partial charge >= 0.3 is 31.2 Å². The smallest absolute Gasteiger partial charge is 1.00 e. The van der Waals surface area contributed by atoms with E-state index in [1.165, 1.54) is 18.2 Å². The molecule has 0 aromatic heterocycles. The number of hydrogen-bond acceptors (Lipinski definition) is 3. The van der Waals surface area contributed by atoms with Crippen LogP contribution in [0.25, 0.3) is 0 Å². The minimum absolute atomic E-state index is 0. The molecule has 196 valence electrons. The topological polar surface area (TPSA) is 35.5 Å². The van der Waals surface area contributed by atoms with Crippen molar-refractivity contribution in [2.24, 2.45) is 11.8 Å². The Balaban J connectivity index is 0.00000648. The monoisotopic (exact) mass is 530 g/mol. The molecule has 0 saturated heterocycles. The largest absolute Gasteiger partial charge is 1.00 e. The predicted octanol–water partition coefficient (Wildman–Crippen LogP) is 4.83. The van der Waals surface area contributed by atoms with Gasteiger partial charge in [0.15, 0.2) is 5.52 Å². The second-order valence-corrected chi connectivity index (χ2v) is 10.1. The summed E-state index contributed by atoms with van der Waals surface area (Å²) in [6, 6.07) is 6.13. The molecule has 0 aliphatic carbocycles. The molecule has 0 aliphatic rings. The fourth-order valence-electron chi connectivity index (χ4n) is 3.09. The van der Waals surface area contributed by atoms with E-state index in [1.807, 2.05) is 27.7 Å². The molecule has 2 aromatic carbocycles. The average molecular weight is 530 g/mol. The van der Waals surface area contributed by atoms with Crippen molar-refractivity contribution in [2.75, 3.05) is 13.2 Å². The molecule has 3 nitrogen and oxygen atoms in total. The number of benzene rings is 2. The SMILES string of the molecule is CC(C)CCOc1ccc(PC(=O)c2c(C(F)(F)F)cccc2C(F)(F)F)c(OCCC(C)C)c1.[H-].[Li+]. The van der Waals surface area contributed by atoms with E-state index in [1.54, 1.807) is 0 Å². The first kappa shape index (κ1) is 32.3. The molecule has 1 atom stereocenters. The molecule has 0 N–H and O–H groups in total. The van der Waals surface area contributed by atoms with Crippen LogP contribution in [0.5, 0.6) is 11.5 Å². The summed E-state index contributed by atoms with van der Waals surface area (Å²) in [5.41, 5.74) is -5.87. The van der Waals surface area contributed by atoms with Crippen molar-refractivity contribution in [3.8, 4) is 11.5 Å². The van der Waals surface area contributed by atoms with Crippen molar-refractivity contribution in [3.05, 3.63) is 53.1 Å². The molecule has 11 heteroatoms. The molecule has 0 fully saturated rings. The summed E-state index contributed by atoms with van der Waals surface area (Å²) in [4.78, 5) is 12.9. The fourth-order valence-corrected chi connectivity index (χ4v) is 4.16. The van der Waals surface area contributed by atoms with E-state index in [0.717, 1.165) is 6.42 Å². The van der Waals surface area contributed by atoms with Gasteiger partial charge in [-0.15, -0.1) is 0 Å². The van der Waals surface area contributed by atoms with E-state index < -0.39 is 43.1 Å². The standard InChI is InChI=1S/C25H29F6O3P.Li.H/c1-15(2)10-12-33-17-8-9-21(20(14-17)34-13-11-16(3)4)35-23(32)22-18(24(26,27)28)6-5-7-19(22)25(29,30)31;;/h5-9,14-16,35H,10-13H2,1-4H3;;/q;+1;-1. The van der Waals surface area contributed by atoms with Gasteiger partial charge in [-0.1, -0.05) is 33.8 Å². The van der Waals surface area contributed by atoms with E-state index >= 15 is 0 Å². The molecule has 0 amide bonds. The van der Waals surface area contributed by atoms with Crippen LogP contribution in [0.1, 0.15) is 63.4 Å². The molecule has 0 aliphatic heterocycles. The van der Waals surface area contributed by atoms with Crippen LogP contribution in [0.4, 0.5) is 26.3 Å². The van der Waals surface area contributed by atoms with Crippen LogP contribution >= 0.6 is 8.58 Å². The van der Waals surface area contributed by atoms with Gasteiger partial charge in [0.25, 0.3) is 0 Å². The van der Waals surface area contributed by atoms with Crippen LogP contribution in [0.15, 0.2) is 36.4 Å². The van der Waals surface area contributed by atoms with Crippen molar-refractivity contribution in [1.82, 2.24) is 0 Å². The first-order chi connectivity index (χ1) is 16.2. The Labute approximate surface area is 222 Å². The average Bonchev–Trinajstić information content (AvgIpc) is 2.73. The third-order valence-corrected chi connectivity index (χ3v) is 6.18. The van der Waals surface area contributed by atoms with Gasteiger partial charge in [0, 0.05) is 16.9 Å². The molecule has 0 bridgehead atoms. The zero-order valence-electron chi connectivity index (χ0n) is 21.9. The third kappa shape index (κ3) is 9.65. The van der Waals surface area contributed by atoms with Gasteiger partial charge in [0.2, 0.25) is 0 Å². The molecule has 1 unspecified atom stereocenters. The van der Waals surface area contributed by atoms with Gasteiger partial charge in [0.1, 0.15) is 11.5 Å². The van der Waals surface area contributed by atoms with Crippen LogP contribution in [0.3, 0.4) is 0 Å². The Morgan fingerprint density at radius 2 is 1.36 bits per heavy atom. The van der Waals surface area contributed by atoms with Gasteiger partial charge in [-0.25, -0.2) is 0 Å². The first-order valence-electron chi connectivity index (χ1n) is 11.2. The zero-order chi connectivity index (χ0) is 26.4. The number of alkyl halides is 6.